The molecular weight excluding hydrogens is 763 g/mol. The molecule has 0 saturated heterocycles. The summed E-state index contributed by atoms with van der Waals surface area (Å²) in [6.45, 7) is 6.77. The smallest absolute Gasteiger partial charge is 0.256 e. The molecule has 0 atom stereocenters. The summed E-state index contributed by atoms with van der Waals surface area (Å²) in [5, 5.41) is 12.1. The van der Waals surface area contributed by atoms with Crippen LogP contribution < -0.4 is 21.1 Å². The van der Waals surface area contributed by atoms with Gasteiger partial charge in [-0.25, -0.2) is 0 Å². The van der Waals surface area contributed by atoms with Crippen molar-refractivity contribution in [1.82, 2.24) is 4.57 Å². The highest BCUT2D eigenvalue weighted by atomic mass is 16.5. The summed E-state index contributed by atoms with van der Waals surface area (Å²) in [7, 11) is 0. The maximum atomic E-state index is 9.65. The highest BCUT2D eigenvalue weighted by Crippen LogP contribution is 2.44. The quantitative estimate of drug-likeness (QED) is 0.163. The molecule has 3 nitrogen and oxygen atoms in total. The van der Waals surface area contributed by atoms with E-state index in [0.29, 0.717) is 5.56 Å². The Morgan fingerprint density at radius 2 is 1.06 bits per heavy atom. The average Bonchev–Trinajstić information content (AvgIpc) is 3.66. The number of nitrogens with zero attached hydrogens (tertiary/aromatic N) is 2. The van der Waals surface area contributed by atoms with Crippen molar-refractivity contribution in [2.75, 3.05) is 0 Å². The number of benzene rings is 9. The molecule has 0 bridgehead atoms. The van der Waals surface area contributed by atoms with Crippen LogP contribution in [0.3, 0.4) is 0 Å². The number of rotatable bonds is 5. The number of hydrogen-bond donors (Lipinski definition) is 0. The second-order valence-corrected chi connectivity index (χ2v) is 18.0. The van der Waals surface area contributed by atoms with Gasteiger partial charge in [0.1, 0.15) is 11.5 Å². The second kappa shape index (κ2) is 14.1. The number of nitriles is 1. The van der Waals surface area contributed by atoms with Crippen molar-refractivity contribution in [3.8, 4) is 78.9 Å². The second-order valence-electron chi connectivity index (χ2n) is 18.0. The van der Waals surface area contributed by atoms with Gasteiger partial charge >= 0.3 is 0 Å². The highest BCUT2D eigenvalue weighted by Gasteiger charge is 2.42. The van der Waals surface area contributed by atoms with Crippen molar-refractivity contribution >= 4 is 44.9 Å². The lowest BCUT2D eigenvalue weighted by Gasteiger charge is -2.35. The topological polar surface area (TPSA) is 38.0 Å². The van der Waals surface area contributed by atoms with Gasteiger partial charge in [-0.1, -0.05) is 166 Å². The molecule has 0 unspecified atom stereocenters. The zero-order valence-electron chi connectivity index (χ0n) is 35.4. The van der Waals surface area contributed by atoms with E-state index in [1.165, 1.54) is 82.7 Å². The molecule has 63 heavy (non-hydrogen) atoms. The Labute approximate surface area is 368 Å². The summed E-state index contributed by atoms with van der Waals surface area (Å²) < 4.78 is 9.56. The Morgan fingerprint density at radius 1 is 0.476 bits per heavy atom. The SMILES string of the molecule is CC(C)(C)c1ccc2c(c1)B1c3c(cc(-c4ccc(C#N)cc4)cc3-n3c4ccc(-c5ccccc5-c5ccccc5)cc4c4cc(-c5ccccc5-c5ccccc5)cc1c43)O2. The van der Waals surface area contributed by atoms with E-state index in [1.54, 1.807) is 0 Å². The minimum atomic E-state index is -0.0857. The fourth-order valence-corrected chi connectivity index (χ4v) is 10.2. The first-order valence-corrected chi connectivity index (χ1v) is 21.8. The third-order valence-corrected chi connectivity index (χ3v) is 13.3. The zero-order valence-corrected chi connectivity index (χ0v) is 35.4. The van der Waals surface area contributed by atoms with Crippen LogP contribution in [-0.2, 0) is 5.41 Å². The van der Waals surface area contributed by atoms with E-state index in [9.17, 15) is 5.26 Å². The highest BCUT2D eigenvalue weighted by molar-refractivity contribution is 6.99. The first kappa shape index (κ1) is 36.9. The van der Waals surface area contributed by atoms with Crippen LogP contribution in [0.15, 0.2) is 194 Å². The minimum Gasteiger partial charge on any atom is -0.458 e. The Hall–Kier alpha value is -7.87. The predicted octanol–water partition coefficient (Wildman–Crippen LogP) is 13.2. The molecule has 12 rings (SSSR count). The number of ether oxygens (including phenoxy) is 1. The van der Waals surface area contributed by atoms with E-state index in [2.05, 4.69) is 201 Å². The molecule has 0 spiro atoms. The molecule has 9 aromatic carbocycles. The molecule has 0 radical (unpaired) electrons. The Bertz CT molecular complexity index is 3520. The third-order valence-electron chi connectivity index (χ3n) is 13.3. The monoisotopic (exact) mass is 804 g/mol. The van der Waals surface area contributed by atoms with E-state index in [-0.39, 0.29) is 12.1 Å². The standard InChI is InChI=1S/C59H41BN2O/c1-59(2,3)44-27-29-55-51(35-44)60-52-32-43(48-21-13-11-19-46(48)40-16-8-5-9-17-40)31-50-49-30-41(47-20-12-10-18-45(47)39-14-6-4-7-15-39)26-28-53(49)62(58(50)52)54-33-42(34-56(63-55)57(54)60)38-24-22-37(36-61)23-25-38/h4-35H,1-3H3. The van der Waals surface area contributed by atoms with Crippen molar-refractivity contribution in [1.29, 1.82) is 5.26 Å². The van der Waals surface area contributed by atoms with Gasteiger partial charge in [-0.2, -0.15) is 5.26 Å². The van der Waals surface area contributed by atoms with Crippen molar-refractivity contribution in [2.24, 2.45) is 0 Å². The van der Waals surface area contributed by atoms with E-state index in [1.807, 2.05) is 24.3 Å². The van der Waals surface area contributed by atoms with E-state index < -0.39 is 0 Å². The van der Waals surface area contributed by atoms with Gasteiger partial charge in [-0.15, -0.1) is 0 Å². The van der Waals surface area contributed by atoms with E-state index in [0.717, 1.165) is 33.8 Å². The van der Waals surface area contributed by atoms with Gasteiger partial charge in [-0.05, 0) is 132 Å². The summed E-state index contributed by atoms with van der Waals surface area (Å²) in [6.07, 6.45) is 0. The molecule has 10 aromatic rings. The van der Waals surface area contributed by atoms with Crippen molar-refractivity contribution in [2.45, 2.75) is 26.2 Å². The van der Waals surface area contributed by atoms with Crippen LogP contribution >= 0.6 is 0 Å². The summed E-state index contributed by atoms with van der Waals surface area (Å²) in [5.41, 5.74) is 20.6. The maximum Gasteiger partial charge on any atom is 0.256 e. The van der Waals surface area contributed by atoms with Crippen molar-refractivity contribution in [3.05, 3.63) is 205 Å². The van der Waals surface area contributed by atoms with E-state index >= 15 is 0 Å². The van der Waals surface area contributed by atoms with Crippen LogP contribution in [-0.4, -0.2) is 11.3 Å². The summed E-state index contributed by atoms with van der Waals surface area (Å²) in [6, 6.07) is 72.5. The van der Waals surface area contributed by atoms with Crippen LogP contribution in [0, 0.1) is 11.3 Å². The fraction of sp³-hybridized carbons (Fsp3) is 0.0678. The molecule has 0 aliphatic carbocycles. The molecule has 2 aliphatic rings. The van der Waals surface area contributed by atoms with Crippen LogP contribution in [0.5, 0.6) is 11.5 Å². The number of hydrogen-bond acceptors (Lipinski definition) is 2. The molecule has 0 fully saturated rings. The molecule has 296 valence electrons. The average molecular weight is 805 g/mol. The first-order valence-electron chi connectivity index (χ1n) is 21.8. The Kier molecular flexibility index (Phi) is 8.26. The van der Waals surface area contributed by atoms with Crippen molar-refractivity contribution < 1.29 is 4.74 Å². The molecule has 0 amide bonds. The summed E-state index contributed by atoms with van der Waals surface area (Å²) >= 11 is 0. The minimum absolute atomic E-state index is 0.0562. The van der Waals surface area contributed by atoms with Gasteiger partial charge < -0.3 is 9.30 Å². The molecular formula is C59H41BN2O. The molecule has 0 saturated carbocycles. The maximum absolute atomic E-state index is 9.65. The number of fused-ring (bicyclic) bond motifs is 7. The normalized spacial score (nSPS) is 12.4. The Morgan fingerprint density at radius 3 is 1.70 bits per heavy atom. The van der Waals surface area contributed by atoms with Crippen LogP contribution in [0.4, 0.5) is 0 Å². The lowest BCUT2D eigenvalue weighted by Crippen LogP contribution is -2.58. The predicted molar refractivity (Wildman–Crippen MR) is 263 cm³/mol. The number of aromatic nitrogens is 1. The van der Waals surface area contributed by atoms with Gasteiger partial charge in [0, 0.05) is 22.0 Å². The summed E-state index contributed by atoms with van der Waals surface area (Å²) in [4.78, 5) is 0. The van der Waals surface area contributed by atoms with Gasteiger partial charge in [-0.3, -0.25) is 0 Å². The van der Waals surface area contributed by atoms with E-state index in [4.69, 9.17) is 4.74 Å². The van der Waals surface area contributed by atoms with Gasteiger partial charge in [0.2, 0.25) is 0 Å². The molecule has 3 heterocycles. The molecule has 2 aliphatic heterocycles. The van der Waals surface area contributed by atoms with Crippen LogP contribution in [0.25, 0.3) is 83.1 Å². The van der Waals surface area contributed by atoms with Crippen LogP contribution in [0.2, 0.25) is 0 Å². The molecule has 1 aromatic heterocycles. The summed E-state index contributed by atoms with van der Waals surface area (Å²) in [5.74, 6) is 1.74. The lowest BCUT2D eigenvalue weighted by molar-refractivity contribution is 0.486. The molecule has 0 N–H and O–H groups in total. The largest absolute Gasteiger partial charge is 0.458 e. The zero-order chi connectivity index (χ0) is 42.4. The van der Waals surface area contributed by atoms with Crippen molar-refractivity contribution in [3.63, 3.8) is 0 Å². The fourth-order valence-electron chi connectivity index (χ4n) is 10.2. The first-order chi connectivity index (χ1) is 30.8. The third kappa shape index (κ3) is 5.88. The lowest BCUT2D eigenvalue weighted by atomic mass is 9.34. The van der Waals surface area contributed by atoms with Gasteiger partial charge in [0.25, 0.3) is 6.71 Å². The Balaban J connectivity index is 1.20. The van der Waals surface area contributed by atoms with Gasteiger partial charge in [0.05, 0.1) is 17.1 Å². The van der Waals surface area contributed by atoms with Gasteiger partial charge in [0.15, 0.2) is 0 Å². The van der Waals surface area contributed by atoms with Crippen LogP contribution in [0.1, 0.15) is 31.9 Å². The molecule has 4 heteroatoms.